The average Bonchev–Trinajstić information content (AvgIpc) is 2.30. The lowest BCUT2D eigenvalue weighted by Gasteiger charge is -2.21. The van der Waals surface area contributed by atoms with Crippen LogP contribution in [0.3, 0.4) is 0 Å². The summed E-state index contributed by atoms with van der Waals surface area (Å²) < 4.78 is 0. The van der Waals surface area contributed by atoms with E-state index >= 15 is 0 Å². The highest BCUT2D eigenvalue weighted by atomic mass is 16.1. The lowest BCUT2D eigenvalue weighted by atomic mass is 9.83. The standard InChI is InChI=1S/C14H15NO/c15-10-13-6-2-1-5-12(13)8-11-4-3-7-14(16)9-11/h1-2,5-6,11H,3-4,7-9H2. The highest BCUT2D eigenvalue weighted by Crippen LogP contribution is 2.25. The fourth-order valence-corrected chi connectivity index (χ4v) is 2.41. The molecule has 1 atom stereocenters. The van der Waals surface area contributed by atoms with Gasteiger partial charge in [-0.1, -0.05) is 18.2 Å². The van der Waals surface area contributed by atoms with Gasteiger partial charge in [0.1, 0.15) is 5.78 Å². The summed E-state index contributed by atoms with van der Waals surface area (Å²) in [6.07, 6.45) is 4.44. The molecule has 2 heteroatoms. The molecule has 1 aliphatic carbocycles. The molecule has 0 saturated heterocycles. The first-order valence-electron chi connectivity index (χ1n) is 5.79. The van der Waals surface area contributed by atoms with E-state index < -0.39 is 0 Å². The zero-order valence-electron chi connectivity index (χ0n) is 9.28. The molecule has 0 heterocycles. The molecule has 2 nitrogen and oxygen atoms in total. The number of rotatable bonds is 2. The lowest BCUT2D eigenvalue weighted by molar-refractivity contribution is -0.121. The number of benzene rings is 1. The fraction of sp³-hybridized carbons (Fsp3) is 0.429. The van der Waals surface area contributed by atoms with E-state index in [0.29, 0.717) is 18.1 Å². The molecule has 1 fully saturated rings. The molecule has 1 aromatic rings. The largest absolute Gasteiger partial charge is 0.300 e. The molecule has 0 radical (unpaired) electrons. The van der Waals surface area contributed by atoms with E-state index in [2.05, 4.69) is 6.07 Å². The summed E-state index contributed by atoms with van der Waals surface area (Å²) in [7, 11) is 0. The van der Waals surface area contributed by atoms with Gasteiger partial charge in [0.05, 0.1) is 11.6 Å². The van der Waals surface area contributed by atoms with Gasteiger partial charge in [-0.3, -0.25) is 4.79 Å². The minimum Gasteiger partial charge on any atom is -0.300 e. The van der Waals surface area contributed by atoms with Gasteiger partial charge in [-0.15, -0.1) is 0 Å². The average molecular weight is 213 g/mol. The molecule has 0 aromatic heterocycles. The Labute approximate surface area is 95.9 Å². The van der Waals surface area contributed by atoms with Gasteiger partial charge in [-0.2, -0.15) is 5.26 Å². The summed E-state index contributed by atoms with van der Waals surface area (Å²) >= 11 is 0. The van der Waals surface area contributed by atoms with E-state index in [1.165, 1.54) is 0 Å². The molecule has 0 aliphatic heterocycles. The second-order valence-electron chi connectivity index (χ2n) is 4.47. The normalized spacial score (nSPS) is 20.4. The Morgan fingerprint density at radius 3 is 2.94 bits per heavy atom. The third-order valence-corrected chi connectivity index (χ3v) is 3.23. The Morgan fingerprint density at radius 2 is 2.19 bits per heavy atom. The van der Waals surface area contributed by atoms with Gasteiger partial charge in [-0.25, -0.2) is 0 Å². The molecular weight excluding hydrogens is 198 g/mol. The van der Waals surface area contributed by atoms with Crippen LogP contribution in [0.25, 0.3) is 0 Å². The van der Waals surface area contributed by atoms with Crippen LogP contribution in [0.4, 0.5) is 0 Å². The van der Waals surface area contributed by atoms with Crippen molar-refractivity contribution in [3.8, 4) is 6.07 Å². The Bertz CT molecular complexity index is 431. The fourth-order valence-electron chi connectivity index (χ4n) is 2.41. The first-order chi connectivity index (χ1) is 7.79. The lowest BCUT2D eigenvalue weighted by Crippen LogP contribution is -2.17. The topological polar surface area (TPSA) is 40.9 Å². The molecular formula is C14H15NO. The van der Waals surface area contributed by atoms with Crippen LogP contribution >= 0.6 is 0 Å². The summed E-state index contributed by atoms with van der Waals surface area (Å²) in [5, 5.41) is 8.98. The monoisotopic (exact) mass is 213 g/mol. The van der Waals surface area contributed by atoms with Crippen molar-refractivity contribution in [2.75, 3.05) is 0 Å². The first kappa shape index (κ1) is 10.9. The van der Waals surface area contributed by atoms with Crippen LogP contribution in [0, 0.1) is 17.2 Å². The van der Waals surface area contributed by atoms with Crippen LogP contribution in [-0.2, 0) is 11.2 Å². The number of ketones is 1. The van der Waals surface area contributed by atoms with Gasteiger partial charge in [0.25, 0.3) is 0 Å². The van der Waals surface area contributed by atoms with Crippen molar-refractivity contribution >= 4 is 5.78 Å². The van der Waals surface area contributed by atoms with Crippen molar-refractivity contribution < 1.29 is 4.79 Å². The summed E-state index contributed by atoms with van der Waals surface area (Å²) in [6, 6.07) is 9.90. The molecule has 1 saturated carbocycles. The van der Waals surface area contributed by atoms with Gasteiger partial charge in [-0.05, 0) is 36.8 Å². The summed E-state index contributed by atoms with van der Waals surface area (Å²) in [6.45, 7) is 0. The van der Waals surface area contributed by atoms with Crippen molar-refractivity contribution in [1.82, 2.24) is 0 Å². The summed E-state index contributed by atoms with van der Waals surface area (Å²) in [5.74, 6) is 0.821. The second-order valence-corrected chi connectivity index (χ2v) is 4.47. The number of hydrogen-bond donors (Lipinski definition) is 0. The van der Waals surface area contributed by atoms with E-state index in [9.17, 15) is 4.79 Å². The maximum absolute atomic E-state index is 11.4. The number of Topliss-reactive ketones (excluding diaryl/α,β-unsaturated/α-hetero) is 1. The highest BCUT2D eigenvalue weighted by molar-refractivity contribution is 5.79. The van der Waals surface area contributed by atoms with Crippen LogP contribution in [0.5, 0.6) is 0 Å². The van der Waals surface area contributed by atoms with Crippen LogP contribution in [-0.4, -0.2) is 5.78 Å². The number of nitrogens with zero attached hydrogens (tertiary/aromatic N) is 1. The maximum Gasteiger partial charge on any atom is 0.133 e. The van der Waals surface area contributed by atoms with Gasteiger partial charge < -0.3 is 0 Å². The zero-order chi connectivity index (χ0) is 11.4. The molecule has 1 aromatic carbocycles. The Morgan fingerprint density at radius 1 is 1.38 bits per heavy atom. The van der Waals surface area contributed by atoms with E-state index in [1.54, 1.807) is 0 Å². The van der Waals surface area contributed by atoms with Gasteiger partial charge in [0.15, 0.2) is 0 Å². The van der Waals surface area contributed by atoms with E-state index in [4.69, 9.17) is 5.26 Å². The summed E-state index contributed by atoms with van der Waals surface area (Å²) in [5.41, 5.74) is 1.84. The van der Waals surface area contributed by atoms with Crippen LogP contribution in [0.15, 0.2) is 24.3 Å². The predicted octanol–water partition coefficient (Wildman–Crippen LogP) is 2.86. The minimum absolute atomic E-state index is 0.380. The molecule has 0 amide bonds. The third-order valence-electron chi connectivity index (χ3n) is 3.23. The number of carbonyl (C=O) groups is 1. The first-order valence-corrected chi connectivity index (χ1v) is 5.79. The highest BCUT2D eigenvalue weighted by Gasteiger charge is 2.20. The van der Waals surface area contributed by atoms with Gasteiger partial charge in [0, 0.05) is 12.8 Å². The number of nitriles is 1. The molecule has 1 unspecified atom stereocenters. The molecule has 1 aliphatic rings. The van der Waals surface area contributed by atoms with Crippen molar-refractivity contribution in [2.24, 2.45) is 5.92 Å². The molecule has 82 valence electrons. The Balaban J connectivity index is 2.09. The zero-order valence-corrected chi connectivity index (χ0v) is 9.28. The smallest absolute Gasteiger partial charge is 0.133 e. The van der Waals surface area contributed by atoms with Gasteiger partial charge >= 0.3 is 0 Å². The minimum atomic E-state index is 0.380. The Kier molecular flexibility index (Phi) is 3.36. The quantitative estimate of drug-likeness (QED) is 0.758. The van der Waals surface area contributed by atoms with Crippen molar-refractivity contribution in [1.29, 1.82) is 5.26 Å². The van der Waals surface area contributed by atoms with Crippen molar-refractivity contribution in [2.45, 2.75) is 32.1 Å². The van der Waals surface area contributed by atoms with Crippen LogP contribution < -0.4 is 0 Å². The number of carbonyl (C=O) groups excluding carboxylic acids is 1. The molecule has 0 N–H and O–H groups in total. The van der Waals surface area contributed by atoms with E-state index in [0.717, 1.165) is 36.8 Å². The van der Waals surface area contributed by atoms with E-state index in [1.807, 2.05) is 24.3 Å². The maximum atomic E-state index is 11.4. The SMILES string of the molecule is N#Cc1ccccc1CC1CCCC(=O)C1. The summed E-state index contributed by atoms with van der Waals surface area (Å²) in [4.78, 5) is 11.4. The van der Waals surface area contributed by atoms with Crippen molar-refractivity contribution in [3.63, 3.8) is 0 Å². The van der Waals surface area contributed by atoms with E-state index in [-0.39, 0.29) is 0 Å². The van der Waals surface area contributed by atoms with Crippen molar-refractivity contribution in [3.05, 3.63) is 35.4 Å². The Hall–Kier alpha value is -1.62. The predicted molar refractivity (Wildman–Crippen MR) is 61.8 cm³/mol. The van der Waals surface area contributed by atoms with Crippen LogP contribution in [0.2, 0.25) is 0 Å². The number of hydrogen-bond acceptors (Lipinski definition) is 2. The molecule has 0 spiro atoms. The third kappa shape index (κ3) is 2.49. The molecule has 16 heavy (non-hydrogen) atoms. The second kappa shape index (κ2) is 4.94. The molecule has 2 rings (SSSR count). The van der Waals surface area contributed by atoms with Crippen LogP contribution in [0.1, 0.15) is 36.8 Å². The molecule has 0 bridgehead atoms. The van der Waals surface area contributed by atoms with Gasteiger partial charge in [0.2, 0.25) is 0 Å².